The minimum atomic E-state index is -5.08. The number of rotatable bonds is 49. The maximum absolute atomic E-state index is 13.0. The van der Waals surface area contributed by atoms with Crippen LogP contribution < -0.4 is 0 Å². The van der Waals surface area contributed by atoms with Crippen LogP contribution in [0.1, 0.15) is 206 Å². The molecular weight excluding hydrogens is 957 g/mol. The van der Waals surface area contributed by atoms with Crippen LogP contribution in [0.5, 0.6) is 0 Å². The number of hydrogen-bond acceptors (Lipinski definition) is 11. The molecule has 0 aromatic carbocycles. The molecule has 1 fully saturated rings. The summed E-state index contributed by atoms with van der Waals surface area (Å²) in [4.78, 5) is 13.0. The summed E-state index contributed by atoms with van der Waals surface area (Å²) in [5, 5.41) is 30.8. The Hall–Kier alpha value is -3.24. The van der Waals surface area contributed by atoms with Crippen LogP contribution in [-0.2, 0) is 38.3 Å². The smallest absolute Gasteiger partial charge is 0.397 e. The number of carbonyl (C=O) groups is 1. The lowest BCUT2D eigenvalue weighted by Crippen LogP contribution is -2.60. The molecule has 424 valence electrons. The van der Waals surface area contributed by atoms with E-state index in [2.05, 4.69) is 127 Å². The number of unbranched alkanes of at least 4 members (excludes halogenated alkanes) is 18. The summed E-state index contributed by atoms with van der Waals surface area (Å²) in [6.45, 7) is 3.82. The van der Waals surface area contributed by atoms with Crippen molar-refractivity contribution in [2.24, 2.45) is 0 Å². The van der Waals surface area contributed by atoms with Crippen molar-refractivity contribution in [1.29, 1.82) is 0 Å². The Morgan fingerprint density at radius 1 is 0.527 bits per heavy atom. The van der Waals surface area contributed by atoms with E-state index in [0.29, 0.717) is 13.0 Å². The third-order valence-electron chi connectivity index (χ3n) is 12.4. The van der Waals surface area contributed by atoms with Gasteiger partial charge in [0.15, 0.2) is 6.29 Å². The number of aliphatic hydroxyl groups is 3. The second-order valence-corrected chi connectivity index (χ2v) is 20.2. The summed E-state index contributed by atoms with van der Waals surface area (Å²) in [5.41, 5.74) is 0. The number of aliphatic hydroxyl groups excluding tert-OH is 3. The maximum atomic E-state index is 13.0. The lowest BCUT2D eigenvalue weighted by atomic mass is 9.99. The van der Waals surface area contributed by atoms with E-state index in [4.69, 9.17) is 18.9 Å². The Labute approximate surface area is 449 Å². The van der Waals surface area contributed by atoms with E-state index in [-0.39, 0.29) is 19.6 Å². The highest BCUT2D eigenvalue weighted by atomic mass is 32.3. The molecule has 0 aliphatic carbocycles. The van der Waals surface area contributed by atoms with Gasteiger partial charge in [-0.2, -0.15) is 8.42 Å². The quantitative estimate of drug-likeness (QED) is 0.0196. The third-order valence-corrected chi connectivity index (χ3v) is 12.8. The molecule has 0 amide bonds. The largest absolute Gasteiger partial charge is 0.457 e. The second kappa shape index (κ2) is 50.6. The first-order chi connectivity index (χ1) is 36.1. The SMILES string of the molecule is CC/C=C\C/C=C\C/C=C\C/C=C\C/C=C\C/C=C\CCCCCCCCCOCC(COC1OC(CO)C(O)C(OS(=O)(=O)O)C1O)OC(=O)CCCCCCCC/C=C\C/C=C\C/C=C\CCCCCCC. The fourth-order valence-electron chi connectivity index (χ4n) is 8.09. The molecule has 1 saturated heterocycles. The molecule has 1 rings (SSSR count). The second-order valence-electron chi connectivity index (χ2n) is 19.1. The van der Waals surface area contributed by atoms with Gasteiger partial charge in [0.05, 0.1) is 19.8 Å². The van der Waals surface area contributed by atoms with Crippen LogP contribution in [0.15, 0.2) is 109 Å². The molecule has 12 nitrogen and oxygen atoms in total. The first kappa shape index (κ1) is 68.8. The highest BCUT2D eigenvalue weighted by molar-refractivity contribution is 7.80. The Bertz CT molecular complexity index is 1700. The Morgan fingerprint density at radius 2 is 0.932 bits per heavy atom. The van der Waals surface area contributed by atoms with E-state index < -0.39 is 59.8 Å². The molecule has 0 aromatic rings. The molecule has 1 aliphatic heterocycles. The molecule has 4 N–H and O–H groups in total. The molecular formula is C61H102O12S. The van der Waals surface area contributed by atoms with Gasteiger partial charge >= 0.3 is 16.4 Å². The highest BCUT2D eigenvalue weighted by Crippen LogP contribution is 2.26. The minimum absolute atomic E-state index is 0.0154. The molecule has 0 radical (unpaired) electrons. The average Bonchev–Trinajstić information content (AvgIpc) is 3.38. The average molecular weight is 1060 g/mol. The van der Waals surface area contributed by atoms with Crippen molar-refractivity contribution in [2.75, 3.05) is 26.4 Å². The van der Waals surface area contributed by atoms with Crippen LogP contribution >= 0.6 is 0 Å². The fourth-order valence-corrected chi connectivity index (χ4v) is 8.60. The molecule has 74 heavy (non-hydrogen) atoms. The summed E-state index contributed by atoms with van der Waals surface area (Å²) >= 11 is 0. The summed E-state index contributed by atoms with van der Waals surface area (Å²) in [7, 11) is -5.08. The van der Waals surface area contributed by atoms with Gasteiger partial charge in [-0.15, -0.1) is 0 Å². The number of ether oxygens (including phenoxy) is 4. The lowest BCUT2D eigenvalue weighted by Gasteiger charge is -2.41. The first-order valence-corrected chi connectivity index (χ1v) is 30.0. The van der Waals surface area contributed by atoms with Crippen molar-refractivity contribution < 1.29 is 56.2 Å². The normalized spacial score (nSPS) is 19.6. The molecule has 6 unspecified atom stereocenters. The fraction of sp³-hybridized carbons (Fsp3) is 0.689. The Kier molecular flexibility index (Phi) is 47.0. The number of esters is 1. The molecule has 1 aliphatic rings. The van der Waals surface area contributed by atoms with Gasteiger partial charge in [-0.25, -0.2) is 4.18 Å². The predicted octanol–water partition coefficient (Wildman–Crippen LogP) is 14.3. The van der Waals surface area contributed by atoms with Crippen molar-refractivity contribution in [1.82, 2.24) is 0 Å². The zero-order valence-corrected chi connectivity index (χ0v) is 46.7. The third kappa shape index (κ3) is 42.9. The van der Waals surface area contributed by atoms with Crippen LogP contribution in [0, 0.1) is 0 Å². The van der Waals surface area contributed by atoms with Gasteiger partial charge in [0.2, 0.25) is 0 Å². The van der Waals surface area contributed by atoms with Crippen molar-refractivity contribution in [3.05, 3.63) is 109 Å². The zero-order chi connectivity index (χ0) is 53.8. The molecule has 0 spiro atoms. The lowest BCUT2D eigenvalue weighted by molar-refractivity contribution is -0.301. The zero-order valence-electron chi connectivity index (χ0n) is 45.9. The van der Waals surface area contributed by atoms with Crippen LogP contribution in [0.4, 0.5) is 0 Å². The number of hydrogen-bond donors (Lipinski definition) is 4. The summed E-state index contributed by atoms with van der Waals surface area (Å²) in [6.07, 6.45) is 62.6. The first-order valence-electron chi connectivity index (χ1n) is 28.6. The van der Waals surface area contributed by atoms with E-state index in [1.54, 1.807) is 0 Å². The molecule has 0 saturated carbocycles. The van der Waals surface area contributed by atoms with E-state index in [1.165, 1.54) is 57.8 Å². The van der Waals surface area contributed by atoms with E-state index >= 15 is 0 Å². The van der Waals surface area contributed by atoms with Crippen molar-refractivity contribution in [3.8, 4) is 0 Å². The van der Waals surface area contributed by atoms with Crippen molar-refractivity contribution >= 4 is 16.4 Å². The monoisotopic (exact) mass is 1060 g/mol. The van der Waals surface area contributed by atoms with Crippen LogP contribution in [0.2, 0.25) is 0 Å². The molecule has 6 atom stereocenters. The van der Waals surface area contributed by atoms with Crippen molar-refractivity contribution in [2.45, 2.75) is 243 Å². The Balaban J connectivity index is 2.35. The van der Waals surface area contributed by atoms with Gasteiger partial charge in [0.1, 0.15) is 30.5 Å². The topological polar surface area (TPSA) is 178 Å². The van der Waals surface area contributed by atoms with Gasteiger partial charge < -0.3 is 34.3 Å². The summed E-state index contributed by atoms with van der Waals surface area (Å²) in [5.74, 6) is -0.419. The van der Waals surface area contributed by atoms with Gasteiger partial charge in [-0.3, -0.25) is 9.35 Å². The Morgan fingerprint density at radius 3 is 1.36 bits per heavy atom. The van der Waals surface area contributed by atoms with Gasteiger partial charge in [0, 0.05) is 13.0 Å². The molecule has 1 heterocycles. The van der Waals surface area contributed by atoms with E-state index in [0.717, 1.165) is 122 Å². The van der Waals surface area contributed by atoms with Gasteiger partial charge in [-0.05, 0) is 103 Å². The van der Waals surface area contributed by atoms with Crippen LogP contribution in [0.3, 0.4) is 0 Å². The highest BCUT2D eigenvalue weighted by Gasteiger charge is 2.48. The van der Waals surface area contributed by atoms with E-state index in [9.17, 15) is 33.1 Å². The molecule has 0 bridgehead atoms. The molecule has 0 aromatic heterocycles. The predicted molar refractivity (Wildman–Crippen MR) is 303 cm³/mol. The maximum Gasteiger partial charge on any atom is 0.397 e. The summed E-state index contributed by atoms with van der Waals surface area (Å²) in [6, 6.07) is 0. The van der Waals surface area contributed by atoms with Crippen LogP contribution in [0.25, 0.3) is 0 Å². The standard InChI is InChI=1S/C61H102O12S/c1-3-5-7-9-11-13-15-17-19-21-23-25-26-27-28-29-31-33-35-37-39-41-43-45-47-49-51-69-53-55(54-70-61-59(65)60(73-74(66,67)68)58(64)56(52-62)72-61)71-57(63)50-48-46-44-42-40-38-36-34-32-30-24-22-20-18-16-14-12-10-8-6-4-2/h5,7,11,13,16-19,22-25,27-28,31-34,55-56,58-62,64-65H,3-4,6,8-10,12,14-15,20-21,26,29-30,35-54H2,1-2H3,(H,66,67,68)/b7-5-,13-11-,18-16-,19-17-,24-22-,25-23-,28-27-,33-31-,34-32-. The summed E-state index contributed by atoms with van der Waals surface area (Å²) < 4.78 is 59.4. The van der Waals surface area contributed by atoms with Gasteiger partial charge in [0.25, 0.3) is 0 Å². The van der Waals surface area contributed by atoms with Crippen LogP contribution in [-0.4, -0.2) is 97.5 Å². The minimum Gasteiger partial charge on any atom is -0.457 e. The number of allylic oxidation sites excluding steroid dienone is 18. The molecule has 13 heteroatoms. The van der Waals surface area contributed by atoms with E-state index in [1.807, 2.05) is 0 Å². The van der Waals surface area contributed by atoms with Gasteiger partial charge in [-0.1, -0.05) is 207 Å². The van der Waals surface area contributed by atoms with Crippen molar-refractivity contribution in [3.63, 3.8) is 0 Å². The number of carbonyl (C=O) groups excluding carboxylic acids is 1.